The first-order valence-electron chi connectivity index (χ1n) is 6.75. The van der Waals surface area contributed by atoms with Gasteiger partial charge in [-0.05, 0) is 40.2 Å². The van der Waals surface area contributed by atoms with Crippen molar-refractivity contribution in [1.29, 1.82) is 0 Å². The SMILES string of the molecule is CC(C)(C)OC(=O)N1CC2CCCN2CC1CO. The third kappa shape index (κ3) is 2.95. The van der Waals surface area contributed by atoms with Crippen LogP contribution in [0, 0.1) is 0 Å². The zero-order valence-corrected chi connectivity index (χ0v) is 11.6. The molecule has 2 rings (SSSR count). The van der Waals surface area contributed by atoms with Crippen LogP contribution in [-0.4, -0.2) is 64.9 Å². The van der Waals surface area contributed by atoms with Crippen molar-refractivity contribution < 1.29 is 14.6 Å². The number of ether oxygens (including phenoxy) is 1. The van der Waals surface area contributed by atoms with Crippen LogP contribution in [0.2, 0.25) is 0 Å². The van der Waals surface area contributed by atoms with Crippen molar-refractivity contribution in [1.82, 2.24) is 9.80 Å². The summed E-state index contributed by atoms with van der Waals surface area (Å²) in [5.74, 6) is 0. The molecule has 2 heterocycles. The third-order valence-corrected chi connectivity index (χ3v) is 3.63. The third-order valence-electron chi connectivity index (χ3n) is 3.63. The van der Waals surface area contributed by atoms with E-state index < -0.39 is 5.60 Å². The molecule has 104 valence electrons. The minimum absolute atomic E-state index is 0.00244. The zero-order chi connectivity index (χ0) is 13.3. The topological polar surface area (TPSA) is 53.0 Å². The van der Waals surface area contributed by atoms with Crippen molar-refractivity contribution in [2.45, 2.75) is 51.3 Å². The molecule has 0 aromatic carbocycles. The van der Waals surface area contributed by atoms with Crippen LogP contribution in [0.4, 0.5) is 4.79 Å². The van der Waals surface area contributed by atoms with E-state index in [0.717, 1.165) is 19.5 Å². The first-order valence-corrected chi connectivity index (χ1v) is 6.75. The molecule has 2 aliphatic heterocycles. The van der Waals surface area contributed by atoms with Gasteiger partial charge in [-0.1, -0.05) is 0 Å². The van der Waals surface area contributed by atoms with Crippen LogP contribution in [0.3, 0.4) is 0 Å². The number of hydrogen-bond donors (Lipinski definition) is 1. The second kappa shape index (κ2) is 5.05. The summed E-state index contributed by atoms with van der Waals surface area (Å²) in [5.41, 5.74) is -0.482. The molecular formula is C13H24N2O3. The number of aliphatic hydroxyl groups excluding tert-OH is 1. The van der Waals surface area contributed by atoms with E-state index in [2.05, 4.69) is 4.90 Å². The predicted octanol–water partition coefficient (Wildman–Crippen LogP) is 1.06. The molecule has 0 saturated carbocycles. The molecule has 1 amide bonds. The Hall–Kier alpha value is -0.810. The van der Waals surface area contributed by atoms with E-state index in [9.17, 15) is 9.90 Å². The Bertz CT molecular complexity index is 314. The summed E-state index contributed by atoms with van der Waals surface area (Å²) in [4.78, 5) is 16.2. The zero-order valence-electron chi connectivity index (χ0n) is 11.6. The molecule has 0 radical (unpaired) electrons. The van der Waals surface area contributed by atoms with Crippen LogP contribution in [-0.2, 0) is 4.74 Å². The molecule has 2 fully saturated rings. The first kappa shape index (κ1) is 13.6. The highest BCUT2D eigenvalue weighted by Crippen LogP contribution is 2.25. The predicted molar refractivity (Wildman–Crippen MR) is 68.4 cm³/mol. The molecule has 2 atom stereocenters. The molecule has 0 spiro atoms. The number of rotatable bonds is 1. The fourth-order valence-electron chi connectivity index (χ4n) is 2.79. The van der Waals surface area contributed by atoms with Crippen molar-refractivity contribution >= 4 is 6.09 Å². The average molecular weight is 256 g/mol. The largest absolute Gasteiger partial charge is 0.444 e. The summed E-state index contributed by atoms with van der Waals surface area (Å²) >= 11 is 0. The Balaban J connectivity index is 2.03. The van der Waals surface area contributed by atoms with Gasteiger partial charge in [-0.2, -0.15) is 0 Å². The van der Waals surface area contributed by atoms with E-state index in [1.807, 2.05) is 20.8 Å². The maximum atomic E-state index is 12.1. The van der Waals surface area contributed by atoms with Gasteiger partial charge in [0, 0.05) is 19.1 Å². The lowest BCUT2D eigenvalue weighted by Crippen LogP contribution is -2.59. The van der Waals surface area contributed by atoms with Crippen LogP contribution >= 0.6 is 0 Å². The lowest BCUT2D eigenvalue weighted by molar-refractivity contribution is -0.0193. The van der Waals surface area contributed by atoms with Crippen molar-refractivity contribution in [3.63, 3.8) is 0 Å². The van der Waals surface area contributed by atoms with Crippen LogP contribution < -0.4 is 0 Å². The number of amides is 1. The molecule has 2 saturated heterocycles. The molecule has 2 aliphatic rings. The van der Waals surface area contributed by atoms with Gasteiger partial charge in [-0.3, -0.25) is 4.90 Å². The van der Waals surface area contributed by atoms with Gasteiger partial charge in [0.1, 0.15) is 5.60 Å². The van der Waals surface area contributed by atoms with E-state index >= 15 is 0 Å². The fraction of sp³-hybridized carbons (Fsp3) is 0.923. The number of fused-ring (bicyclic) bond motifs is 1. The standard InChI is InChI=1S/C13H24N2O3/c1-13(2,3)18-12(17)15-8-10-5-4-6-14(10)7-11(15)9-16/h10-11,16H,4-9H2,1-3H3. The normalized spacial score (nSPS) is 29.2. The van der Waals surface area contributed by atoms with Crippen molar-refractivity contribution in [2.24, 2.45) is 0 Å². The highest BCUT2D eigenvalue weighted by Gasteiger charge is 2.39. The lowest BCUT2D eigenvalue weighted by atomic mass is 10.1. The fourth-order valence-corrected chi connectivity index (χ4v) is 2.79. The van der Waals surface area contributed by atoms with Crippen LogP contribution in [0.15, 0.2) is 0 Å². The van der Waals surface area contributed by atoms with Gasteiger partial charge in [0.2, 0.25) is 0 Å². The second-order valence-electron chi connectivity index (χ2n) is 6.26. The highest BCUT2D eigenvalue weighted by atomic mass is 16.6. The summed E-state index contributed by atoms with van der Waals surface area (Å²) in [6.45, 7) is 8.13. The summed E-state index contributed by atoms with van der Waals surface area (Å²) in [6, 6.07) is 0.314. The van der Waals surface area contributed by atoms with Crippen LogP contribution in [0.1, 0.15) is 33.6 Å². The molecule has 0 bridgehead atoms. The van der Waals surface area contributed by atoms with Gasteiger partial charge in [0.25, 0.3) is 0 Å². The Kier molecular flexibility index (Phi) is 3.82. The molecule has 0 aromatic heterocycles. The monoisotopic (exact) mass is 256 g/mol. The van der Waals surface area contributed by atoms with Crippen molar-refractivity contribution in [3.8, 4) is 0 Å². The Morgan fingerprint density at radius 3 is 2.72 bits per heavy atom. The average Bonchev–Trinajstić information content (AvgIpc) is 2.71. The van der Waals surface area contributed by atoms with Crippen LogP contribution in [0.25, 0.3) is 0 Å². The summed E-state index contributed by atoms with van der Waals surface area (Å²) < 4.78 is 5.42. The summed E-state index contributed by atoms with van der Waals surface area (Å²) in [7, 11) is 0. The summed E-state index contributed by atoms with van der Waals surface area (Å²) in [6.07, 6.45) is 2.02. The number of piperazine rings is 1. The molecule has 0 aromatic rings. The molecule has 0 aliphatic carbocycles. The van der Waals surface area contributed by atoms with E-state index in [4.69, 9.17) is 4.74 Å². The van der Waals surface area contributed by atoms with E-state index in [0.29, 0.717) is 12.6 Å². The van der Waals surface area contributed by atoms with Gasteiger partial charge in [-0.25, -0.2) is 4.79 Å². The number of carbonyl (C=O) groups is 1. The maximum Gasteiger partial charge on any atom is 0.410 e. The Morgan fingerprint density at radius 2 is 2.11 bits per heavy atom. The van der Waals surface area contributed by atoms with Gasteiger partial charge in [0.05, 0.1) is 12.6 Å². The molecule has 18 heavy (non-hydrogen) atoms. The van der Waals surface area contributed by atoms with Gasteiger partial charge >= 0.3 is 6.09 Å². The molecule has 2 unspecified atom stereocenters. The minimum atomic E-state index is -0.482. The number of nitrogens with zero attached hydrogens (tertiary/aromatic N) is 2. The highest BCUT2D eigenvalue weighted by molar-refractivity contribution is 5.69. The number of aliphatic hydroxyl groups is 1. The van der Waals surface area contributed by atoms with Crippen LogP contribution in [0.5, 0.6) is 0 Å². The maximum absolute atomic E-state index is 12.1. The van der Waals surface area contributed by atoms with E-state index in [-0.39, 0.29) is 18.7 Å². The number of hydrogen-bond acceptors (Lipinski definition) is 4. The Morgan fingerprint density at radius 1 is 1.39 bits per heavy atom. The molecule has 5 nitrogen and oxygen atoms in total. The van der Waals surface area contributed by atoms with Crippen molar-refractivity contribution in [2.75, 3.05) is 26.2 Å². The molecule has 1 N–H and O–H groups in total. The minimum Gasteiger partial charge on any atom is -0.444 e. The molecule has 5 heteroatoms. The smallest absolute Gasteiger partial charge is 0.410 e. The van der Waals surface area contributed by atoms with E-state index in [1.54, 1.807) is 4.90 Å². The quantitative estimate of drug-likeness (QED) is 0.762. The van der Waals surface area contributed by atoms with Gasteiger partial charge in [0.15, 0.2) is 0 Å². The van der Waals surface area contributed by atoms with Gasteiger partial charge in [-0.15, -0.1) is 0 Å². The first-order chi connectivity index (χ1) is 8.40. The second-order valence-corrected chi connectivity index (χ2v) is 6.26. The lowest BCUT2D eigenvalue weighted by Gasteiger charge is -2.43. The molecular weight excluding hydrogens is 232 g/mol. The van der Waals surface area contributed by atoms with Crippen molar-refractivity contribution in [3.05, 3.63) is 0 Å². The van der Waals surface area contributed by atoms with Gasteiger partial charge < -0.3 is 14.7 Å². The number of carbonyl (C=O) groups excluding carboxylic acids is 1. The summed E-state index contributed by atoms with van der Waals surface area (Å²) in [5, 5.41) is 9.45. The Labute approximate surface area is 109 Å². The van der Waals surface area contributed by atoms with E-state index in [1.165, 1.54) is 6.42 Å².